The van der Waals surface area contributed by atoms with Gasteiger partial charge in [-0.3, -0.25) is 0 Å². The van der Waals surface area contributed by atoms with Gasteiger partial charge < -0.3 is 5.11 Å². The van der Waals surface area contributed by atoms with E-state index in [1.807, 2.05) is 0 Å². The molecule has 0 aromatic carbocycles. The molecule has 0 aliphatic heterocycles. The maximum Gasteiger partial charge on any atom is 0.112 e. The first-order chi connectivity index (χ1) is 5.77. The van der Waals surface area contributed by atoms with Crippen molar-refractivity contribution in [3.8, 4) is 23.7 Å². The van der Waals surface area contributed by atoms with Crippen molar-refractivity contribution in [1.82, 2.24) is 0 Å². The molecule has 0 amide bonds. The van der Waals surface area contributed by atoms with Crippen molar-refractivity contribution in [3.63, 3.8) is 0 Å². The second kappa shape index (κ2) is 8.18. The van der Waals surface area contributed by atoms with Gasteiger partial charge in [-0.2, -0.15) is 0 Å². The van der Waals surface area contributed by atoms with Crippen molar-refractivity contribution in [2.75, 3.05) is 0 Å². The lowest BCUT2D eigenvalue weighted by Crippen LogP contribution is -1.91. The van der Waals surface area contributed by atoms with Gasteiger partial charge in [0.25, 0.3) is 0 Å². The number of aliphatic hydroxyl groups excluding tert-OH is 1. The molecule has 1 atom stereocenters. The first kappa shape index (κ1) is 11.1. The highest BCUT2D eigenvalue weighted by atomic mass is 16.3. The van der Waals surface area contributed by atoms with Crippen LogP contribution in [0.3, 0.4) is 0 Å². The molecule has 0 rings (SSSR count). The predicted molar refractivity (Wildman–Crippen MR) is 51.4 cm³/mol. The van der Waals surface area contributed by atoms with Crippen molar-refractivity contribution >= 4 is 0 Å². The normalized spacial score (nSPS) is 10.6. The summed E-state index contributed by atoms with van der Waals surface area (Å²) >= 11 is 0. The summed E-state index contributed by atoms with van der Waals surface area (Å²) in [5.41, 5.74) is 0. The Balaban J connectivity index is 3.42. The zero-order chi connectivity index (χ0) is 9.23. The highest BCUT2D eigenvalue weighted by molar-refractivity contribution is 5.26. The van der Waals surface area contributed by atoms with Crippen LogP contribution >= 0.6 is 0 Å². The van der Waals surface area contributed by atoms with Crippen LogP contribution in [0.25, 0.3) is 0 Å². The summed E-state index contributed by atoms with van der Waals surface area (Å²) in [4.78, 5) is 0. The Morgan fingerprint density at radius 3 is 2.58 bits per heavy atom. The van der Waals surface area contributed by atoms with E-state index in [0.717, 1.165) is 12.8 Å². The summed E-state index contributed by atoms with van der Waals surface area (Å²) in [6.07, 6.45) is 3.97. The number of rotatable bonds is 3. The van der Waals surface area contributed by atoms with Crippen LogP contribution in [0.4, 0.5) is 0 Å². The lowest BCUT2D eigenvalue weighted by molar-refractivity contribution is 0.253. The van der Waals surface area contributed by atoms with Crippen LogP contribution in [0.5, 0.6) is 0 Å². The zero-order valence-electron chi connectivity index (χ0n) is 7.85. The average molecular weight is 164 g/mol. The molecule has 0 spiro atoms. The van der Waals surface area contributed by atoms with E-state index in [4.69, 9.17) is 5.11 Å². The Labute approximate surface area is 75.2 Å². The van der Waals surface area contributed by atoms with Gasteiger partial charge in [-0.25, -0.2) is 0 Å². The van der Waals surface area contributed by atoms with Crippen LogP contribution in [0.1, 0.15) is 39.5 Å². The van der Waals surface area contributed by atoms with Crippen LogP contribution < -0.4 is 0 Å². The minimum Gasteiger partial charge on any atom is -0.381 e. The Kier molecular flexibility index (Phi) is 7.55. The first-order valence-electron chi connectivity index (χ1n) is 4.43. The molecular weight excluding hydrogens is 148 g/mol. The fourth-order valence-corrected chi connectivity index (χ4v) is 0.711. The van der Waals surface area contributed by atoms with Gasteiger partial charge in [0.1, 0.15) is 6.10 Å². The maximum absolute atomic E-state index is 8.75. The molecule has 0 aliphatic carbocycles. The highest BCUT2D eigenvalue weighted by Gasteiger charge is 1.80. The number of hydrogen-bond acceptors (Lipinski definition) is 1. The maximum atomic E-state index is 8.75. The van der Waals surface area contributed by atoms with Crippen molar-refractivity contribution in [3.05, 3.63) is 0 Å². The molecule has 0 saturated carbocycles. The molecule has 0 saturated heterocycles. The van der Waals surface area contributed by atoms with Crippen LogP contribution in [-0.2, 0) is 0 Å². The molecule has 1 N–H and O–H groups in total. The van der Waals surface area contributed by atoms with E-state index in [0.29, 0.717) is 0 Å². The molecule has 66 valence electrons. The second-order valence-corrected chi connectivity index (χ2v) is 2.70. The van der Waals surface area contributed by atoms with Gasteiger partial charge >= 0.3 is 0 Å². The first-order valence-corrected chi connectivity index (χ1v) is 4.43. The molecule has 0 heterocycles. The third-order valence-corrected chi connectivity index (χ3v) is 1.34. The summed E-state index contributed by atoms with van der Waals surface area (Å²) in [6, 6.07) is 0. The standard InChI is InChI=1S/C11H16O/c1-3-4-5-6-7-8-9-10-11(2)12/h11-12H,3-6H2,1-2H3. The van der Waals surface area contributed by atoms with Crippen molar-refractivity contribution < 1.29 is 5.11 Å². The average Bonchev–Trinajstić information content (AvgIpc) is 2.02. The van der Waals surface area contributed by atoms with Crippen LogP contribution in [0.15, 0.2) is 0 Å². The summed E-state index contributed by atoms with van der Waals surface area (Å²) in [5.74, 6) is 10.8. The zero-order valence-corrected chi connectivity index (χ0v) is 7.85. The van der Waals surface area contributed by atoms with E-state index in [2.05, 4.69) is 30.6 Å². The molecule has 0 aromatic heterocycles. The number of aliphatic hydroxyl groups is 1. The van der Waals surface area contributed by atoms with Gasteiger partial charge in [0.05, 0.1) is 0 Å². The predicted octanol–water partition coefficient (Wildman–Crippen LogP) is 1.95. The summed E-state index contributed by atoms with van der Waals surface area (Å²) in [7, 11) is 0. The van der Waals surface area contributed by atoms with Crippen LogP contribution in [-0.4, -0.2) is 11.2 Å². The Bertz CT molecular complexity index is 207. The third-order valence-electron chi connectivity index (χ3n) is 1.34. The molecular formula is C11H16O. The third kappa shape index (κ3) is 9.08. The number of unbranched alkanes of at least 4 members (excludes halogenated alkanes) is 3. The summed E-state index contributed by atoms with van der Waals surface area (Å²) < 4.78 is 0. The van der Waals surface area contributed by atoms with Crippen LogP contribution in [0, 0.1) is 23.7 Å². The SMILES string of the molecule is CCCCCC#CC#CC(C)O. The van der Waals surface area contributed by atoms with Crippen LogP contribution in [0.2, 0.25) is 0 Å². The quantitative estimate of drug-likeness (QED) is 0.499. The van der Waals surface area contributed by atoms with Crippen molar-refractivity contribution in [2.24, 2.45) is 0 Å². The van der Waals surface area contributed by atoms with E-state index in [9.17, 15) is 0 Å². The van der Waals surface area contributed by atoms with Gasteiger partial charge in [-0.15, -0.1) is 0 Å². The fraction of sp³-hybridized carbons (Fsp3) is 0.636. The highest BCUT2D eigenvalue weighted by Crippen LogP contribution is 1.96. The summed E-state index contributed by atoms with van der Waals surface area (Å²) in [6.45, 7) is 3.80. The van der Waals surface area contributed by atoms with Gasteiger partial charge in [0.15, 0.2) is 0 Å². The second-order valence-electron chi connectivity index (χ2n) is 2.70. The fourth-order valence-electron chi connectivity index (χ4n) is 0.711. The molecule has 1 unspecified atom stereocenters. The molecule has 12 heavy (non-hydrogen) atoms. The van der Waals surface area contributed by atoms with Crippen molar-refractivity contribution in [1.29, 1.82) is 0 Å². The number of hydrogen-bond donors (Lipinski definition) is 1. The van der Waals surface area contributed by atoms with E-state index in [1.165, 1.54) is 12.8 Å². The topological polar surface area (TPSA) is 20.2 Å². The molecule has 0 aromatic rings. The summed E-state index contributed by atoms with van der Waals surface area (Å²) in [5, 5.41) is 8.75. The smallest absolute Gasteiger partial charge is 0.112 e. The minimum atomic E-state index is -0.560. The van der Waals surface area contributed by atoms with Gasteiger partial charge in [0, 0.05) is 6.42 Å². The Morgan fingerprint density at radius 2 is 2.00 bits per heavy atom. The molecule has 1 heteroatoms. The van der Waals surface area contributed by atoms with E-state index in [1.54, 1.807) is 6.92 Å². The lowest BCUT2D eigenvalue weighted by atomic mass is 10.2. The molecule has 0 radical (unpaired) electrons. The Morgan fingerprint density at radius 1 is 1.25 bits per heavy atom. The molecule has 0 aliphatic rings. The van der Waals surface area contributed by atoms with Gasteiger partial charge in [-0.05, 0) is 25.2 Å². The van der Waals surface area contributed by atoms with Crippen molar-refractivity contribution in [2.45, 2.75) is 45.6 Å². The van der Waals surface area contributed by atoms with E-state index < -0.39 is 6.10 Å². The Hall–Kier alpha value is -0.920. The molecule has 0 fully saturated rings. The minimum absolute atomic E-state index is 0.560. The molecule has 1 nitrogen and oxygen atoms in total. The van der Waals surface area contributed by atoms with Gasteiger partial charge in [0.2, 0.25) is 0 Å². The lowest BCUT2D eigenvalue weighted by Gasteiger charge is -1.87. The molecule has 0 bridgehead atoms. The van der Waals surface area contributed by atoms with Gasteiger partial charge in [-0.1, -0.05) is 31.6 Å². The largest absolute Gasteiger partial charge is 0.381 e. The van der Waals surface area contributed by atoms with E-state index >= 15 is 0 Å². The monoisotopic (exact) mass is 164 g/mol. The van der Waals surface area contributed by atoms with E-state index in [-0.39, 0.29) is 0 Å².